The van der Waals surface area contributed by atoms with Gasteiger partial charge in [-0.1, -0.05) is 0 Å². The maximum Gasteiger partial charge on any atom is 0.310 e. The molecular formula is C12H11ClN2O4. The van der Waals surface area contributed by atoms with Crippen molar-refractivity contribution in [3.05, 3.63) is 38.9 Å². The fourth-order valence-electron chi connectivity index (χ4n) is 1.62. The number of carbonyl (C=O) groups is 1. The minimum absolute atomic E-state index is 0.0227. The summed E-state index contributed by atoms with van der Waals surface area (Å²) in [6.45, 7) is 1.84. The predicted molar refractivity (Wildman–Crippen MR) is 67.7 cm³/mol. The van der Waals surface area contributed by atoms with Gasteiger partial charge in [0.2, 0.25) is 0 Å². The van der Waals surface area contributed by atoms with Gasteiger partial charge in [0.05, 0.1) is 29.6 Å². The van der Waals surface area contributed by atoms with Gasteiger partial charge in [-0.2, -0.15) is 5.26 Å². The molecule has 0 atom stereocenters. The zero-order chi connectivity index (χ0) is 14.4. The van der Waals surface area contributed by atoms with Crippen LogP contribution in [-0.4, -0.2) is 17.5 Å². The molecule has 19 heavy (non-hydrogen) atoms. The van der Waals surface area contributed by atoms with E-state index in [9.17, 15) is 14.9 Å². The number of esters is 1. The summed E-state index contributed by atoms with van der Waals surface area (Å²) in [5.74, 6) is -0.591. The first-order chi connectivity index (χ1) is 9.03. The molecule has 0 aliphatic heterocycles. The van der Waals surface area contributed by atoms with Crippen molar-refractivity contribution in [2.24, 2.45) is 0 Å². The van der Waals surface area contributed by atoms with Gasteiger partial charge in [-0.25, -0.2) is 0 Å². The number of hydrogen-bond acceptors (Lipinski definition) is 5. The van der Waals surface area contributed by atoms with Crippen molar-refractivity contribution in [3.8, 4) is 6.07 Å². The molecule has 0 N–H and O–H groups in total. The van der Waals surface area contributed by atoms with Crippen LogP contribution in [-0.2, 0) is 21.8 Å². The van der Waals surface area contributed by atoms with E-state index in [1.165, 1.54) is 6.07 Å². The van der Waals surface area contributed by atoms with Crippen molar-refractivity contribution in [2.45, 2.75) is 19.2 Å². The van der Waals surface area contributed by atoms with E-state index in [0.717, 1.165) is 6.07 Å². The molecule has 0 aromatic heterocycles. The second-order valence-corrected chi connectivity index (χ2v) is 3.88. The van der Waals surface area contributed by atoms with E-state index in [0.29, 0.717) is 5.56 Å². The standard InChI is InChI=1S/C12H11ClN2O4/c1-2-19-12(16)5-10-9(6-13)3-8(7-14)4-11(10)15(17)18/h3-4H,2,5-6H2,1H3. The number of carbonyl (C=O) groups excluding carboxylic acids is 1. The van der Waals surface area contributed by atoms with Crippen molar-refractivity contribution in [1.29, 1.82) is 5.26 Å². The number of rotatable bonds is 5. The maximum absolute atomic E-state index is 11.5. The topological polar surface area (TPSA) is 93.2 Å². The minimum atomic E-state index is -0.633. The van der Waals surface area contributed by atoms with Gasteiger partial charge in [-0.3, -0.25) is 14.9 Å². The van der Waals surface area contributed by atoms with Crippen LogP contribution in [0.3, 0.4) is 0 Å². The van der Waals surface area contributed by atoms with E-state index in [4.69, 9.17) is 21.6 Å². The summed E-state index contributed by atoms with van der Waals surface area (Å²) in [5.41, 5.74) is 0.427. The molecular weight excluding hydrogens is 272 g/mol. The summed E-state index contributed by atoms with van der Waals surface area (Å²) in [6.07, 6.45) is -0.238. The number of nitro groups is 1. The average molecular weight is 283 g/mol. The molecule has 1 aromatic rings. The third kappa shape index (κ3) is 3.66. The van der Waals surface area contributed by atoms with Gasteiger partial charge in [0.15, 0.2) is 0 Å². The molecule has 0 aliphatic carbocycles. The molecule has 6 nitrogen and oxygen atoms in total. The summed E-state index contributed by atoms with van der Waals surface area (Å²) in [6, 6.07) is 4.39. The molecule has 0 aliphatic rings. The van der Waals surface area contributed by atoms with Crippen molar-refractivity contribution in [1.82, 2.24) is 0 Å². The molecule has 0 unspecified atom stereocenters. The van der Waals surface area contributed by atoms with Crippen LogP contribution in [0.2, 0.25) is 0 Å². The number of benzene rings is 1. The van der Waals surface area contributed by atoms with E-state index in [1.54, 1.807) is 6.92 Å². The van der Waals surface area contributed by atoms with E-state index in [2.05, 4.69) is 0 Å². The second kappa shape index (κ2) is 6.71. The smallest absolute Gasteiger partial charge is 0.310 e. The van der Waals surface area contributed by atoms with Crippen LogP contribution >= 0.6 is 11.6 Å². The van der Waals surface area contributed by atoms with Crippen LogP contribution in [0.4, 0.5) is 5.69 Å². The first kappa shape index (κ1) is 14.9. The highest BCUT2D eigenvalue weighted by Crippen LogP contribution is 2.26. The summed E-state index contributed by atoms with van der Waals surface area (Å²) in [5, 5.41) is 19.8. The Morgan fingerprint density at radius 3 is 2.74 bits per heavy atom. The third-order valence-electron chi connectivity index (χ3n) is 2.41. The number of halogens is 1. The van der Waals surface area contributed by atoms with Crippen molar-refractivity contribution >= 4 is 23.3 Å². The second-order valence-electron chi connectivity index (χ2n) is 3.62. The average Bonchev–Trinajstić information content (AvgIpc) is 2.38. The summed E-state index contributed by atoms with van der Waals surface area (Å²) in [4.78, 5) is 21.8. The van der Waals surface area contributed by atoms with Crippen LogP contribution in [0.5, 0.6) is 0 Å². The first-order valence-corrected chi connectivity index (χ1v) is 5.98. The Morgan fingerprint density at radius 1 is 1.58 bits per heavy atom. The van der Waals surface area contributed by atoms with Gasteiger partial charge in [0.25, 0.3) is 5.69 Å². The van der Waals surface area contributed by atoms with Crippen LogP contribution in [0.25, 0.3) is 0 Å². The van der Waals surface area contributed by atoms with Crippen molar-refractivity contribution in [3.63, 3.8) is 0 Å². The molecule has 100 valence electrons. The highest BCUT2D eigenvalue weighted by molar-refractivity contribution is 6.17. The quantitative estimate of drug-likeness (QED) is 0.357. The number of ether oxygens (including phenoxy) is 1. The Labute approximate surface area is 114 Å². The Hall–Kier alpha value is -2.13. The molecule has 0 saturated carbocycles. The largest absolute Gasteiger partial charge is 0.466 e. The highest BCUT2D eigenvalue weighted by atomic mass is 35.5. The van der Waals surface area contributed by atoms with Gasteiger partial charge in [-0.05, 0) is 18.6 Å². The molecule has 0 amide bonds. The SMILES string of the molecule is CCOC(=O)Cc1c(CCl)cc(C#N)cc1[N+](=O)[O-]. The Morgan fingerprint density at radius 2 is 2.26 bits per heavy atom. The summed E-state index contributed by atoms with van der Waals surface area (Å²) >= 11 is 5.71. The van der Waals surface area contributed by atoms with Gasteiger partial charge in [-0.15, -0.1) is 11.6 Å². The van der Waals surface area contributed by atoms with Crippen LogP contribution in [0.1, 0.15) is 23.6 Å². The molecule has 1 aromatic carbocycles. The fourth-order valence-corrected chi connectivity index (χ4v) is 1.86. The lowest BCUT2D eigenvalue weighted by atomic mass is 10.0. The zero-order valence-electron chi connectivity index (χ0n) is 10.2. The Kier molecular flexibility index (Phi) is 5.27. The van der Waals surface area contributed by atoms with Gasteiger partial charge >= 0.3 is 5.97 Å². The molecule has 0 saturated heterocycles. The van der Waals surface area contributed by atoms with Crippen LogP contribution < -0.4 is 0 Å². The van der Waals surface area contributed by atoms with Gasteiger partial charge in [0, 0.05) is 17.5 Å². The van der Waals surface area contributed by atoms with Crippen molar-refractivity contribution in [2.75, 3.05) is 6.61 Å². The molecule has 0 heterocycles. The summed E-state index contributed by atoms with van der Waals surface area (Å²) < 4.78 is 4.77. The normalized spacial score (nSPS) is 9.74. The Bertz CT molecular complexity index is 551. The molecule has 1 rings (SSSR count). The van der Waals surface area contributed by atoms with E-state index in [1.807, 2.05) is 6.07 Å². The zero-order valence-corrected chi connectivity index (χ0v) is 10.9. The number of nitrogens with zero attached hydrogens (tertiary/aromatic N) is 2. The molecule has 0 spiro atoms. The number of nitriles is 1. The maximum atomic E-state index is 11.5. The molecule has 0 fully saturated rings. The summed E-state index contributed by atoms with van der Waals surface area (Å²) in [7, 11) is 0. The lowest BCUT2D eigenvalue weighted by molar-refractivity contribution is -0.385. The lowest BCUT2D eigenvalue weighted by Crippen LogP contribution is -2.11. The third-order valence-corrected chi connectivity index (χ3v) is 2.70. The van der Waals surface area contributed by atoms with E-state index >= 15 is 0 Å². The van der Waals surface area contributed by atoms with E-state index in [-0.39, 0.29) is 35.7 Å². The first-order valence-electron chi connectivity index (χ1n) is 5.45. The monoisotopic (exact) mass is 282 g/mol. The fraction of sp³-hybridized carbons (Fsp3) is 0.333. The van der Waals surface area contributed by atoms with Crippen LogP contribution in [0.15, 0.2) is 12.1 Å². The van der Waals surface area contributed by atoms with Crippen molar-refractivity contribution < 1.29 is 14.5 Å². The number of alkyl halides is 1. The lowest BCUT2D eigenvalue weighted by Gasteiger charge is -2.08. The van der Waals surface area contributed by atoms with E-state index < -0.39 is 10.9 Å². The molecule has 0 bridgehead atoms. The number of nitro benzene ring substituents is 1. The predicted octanol–water partition coefficient (Wildman–Crippen LogP) is 2.31. The van der Waals surface area contributed by atoms with Crippen LogP contribution in [0, 0.1) is 21.4 Å². The Balaban J connectivity index is 3.30. The van der Waals surface area contributed by atoms with Gasteiger partial charge in [0.1, 0.15) is 0 Å². The molecule has 7 heteroatoms. The highest BCUT2D eigenvalue weighted by Gasteiger charge is 2.22. The number of hydrogen-bond donors (Lipinski definition) is 0. The minimum Gasteiger partial charge on any atom is -0.466 e. The molecule has 0 radical (unpaired) electrons. The van der Waals surface area contributed by atoms with Gasteiger partial charge < -0.3 is 4.74 Å².